The highest BCUT2D eigenvalue weighted by atomic mass is 32.2. The smallest absolute Gasteiger partial charge is 0.265 e. The Balaban J connectivity index is 0.00000122. The number of nitrogen functional groups attached to an aromatic ring is 1. The van der Waals surface area contributed by atoms with E-state index in [2.05, 4.69) is 15.3 Å². The van der Waals surface area contributed by atoms with Crippen LogP contribution in [0.5, 0.6) is 5.88 Å². The topological polar surface area (TPSA) is 114 Å². The van der Waals surface area contributed by atoms with Crippen LogP contribution in [0, 0.1) is 11.3 Å². The number of nitriles is 1. The summed E-state index contributed by atoms with van der Waals surface area (Å²) in [5.41, 5.74) is 6.61. The first kappa shape index (κ1) is 23.0. The van der Waals surface area contributed by atoms with E-state index in [9.17, 15) is 23.2 Å². The van der Waals surface area contributed by atoms with Gasteiger partial charge < -0.3 is 15.8 Å². The van der Waals surface area contributed by atoms with E-state index in [0.29, 0.717) is 16.3 Å². The molecule has 1 aromatic heterocycles. The molecule has 1 unspecified atom stereocenters. The lowest BCUT2D eigenvalue weighted by molar-refractivity contribution is -0.122. The van der Waals surface area contributed by atoms with E-state index in [4.69, 9.17) is 10.5 Å². The molecule has 0 spiro atoms. The van der Waals surface area contributed by atoms with Gasteiger partial charge in [-0.25, -0.2) is 18.2 Å². The van der Waals surface area contributed by atoms with Gasteiger partial charge in [0, 0.05) is 5.69 Å². The predicted octanol–water partition coefficient (Wildman–Crippen LogP) is 3.41. The van der Waals surface area contributed by atoms with Crippen LogP contribution in [0.3, 0.4) is 0 Å². The third kappa shape index (κ3) is 6.62. The molecule has 0 saturated heterocycles. The number of anilines is 2. The second kappa shape index (κ2) is 11.7. The molecule has 0 aliphatic carbocycles. The Morgan fingerprint density at radius 1 is 1.39 bits per heavy atom. The molecule has 0 bridgehead atoms. The Bertz CT molecular complexity index is 848. The average molecular weight is 413 g/mol. The first-order chi connectivity index (χ1) is 13.4. The van der Waals surface area contributed by atoms with E-state index < -0.39 is 25.6 Å². The maximum Gasteiger partial charge on any atom is 0.265 e. The Kier molecular flexibility index (Phi) is 9.59. The van der Waals surface area contributed by atoms with Crippen molar-refractivity contribution >= 4 is 29.3 Å². The number of thioether (sulfide) groups is 1. The summed E-state index contributed by atoms with van der Waals surface area (Å²) < 4.78 is 37.4. The van der Waals surface area contributed by atoms with Gasteiger partial charge in [-0.3, -0.25) is 4.79 Å². The molecular formula is C17H18F3N5O2S. The van der Waals surface area contributed by atoms with Gasteiger partial charge in [0.2, 0.25) is 18.8 Å². The number of benzene rings is 1. The number of aromatic nitrogens is 2. The minimum absolute atomic E-state index is 0.0541. The second-order valence-corrected chi connectivity index (χ2v) is 5.86. The van der Waals surface area contributed by atoms with E-state index in [-0.39, 0.29) is 17.4 Å². The van der Waals surface area contributed by atoms with E-state index in [1.807, 2.05) is 6.07 Å². The third-order valence-electron chi connectivity index (χ3n) is 3.17. The molecule has 150 valence electrons. The maximum absolute atomic E-state index is 12.7. The molecule has 0 saturated carbocycles. The van der Waals surface area contributed by atoms with Gasteiger partial charge in [-0.2, -0.15) is 10.2 Å². The first-order valence-corrected chi connectivity index (χ1v) is 8.98. The summed E-state index contributed by atoms with van der Waals surface area (Å²) in [5.74, 6) is -0.580. The number of nitrogens with one attached hydrogen (secondary N) is 1. The number of hydrogen-bond acceptors (Lipinski definition) is 7. The number of ether oxygens (including phenoxy) is 1. The average Bonchev–Trinajstić information content (AvgIpc) is 2.68. The molecule has 28 heavy (non-hydrogen) atoms. The van der Waals surface area contributed by atoms with Gasteiger partial charge in [-0.15, -0.1) is 11.8 Å². The lowest BCUT2D eigenvalue weighted by Gasteiger charge is -2.16. The molecule has 0 aliphatic heterocycles. The predicted molar refractivity (Wildman–Crippen MR) is 100.0 cm³/mol. The molecule has 1 amide bonds. The minimum Gasteiger partial charge on any atom is -0.463 e. The fourth-order valence-corrected chi connectivity index (χ4v) is 2.48. The number of halogens is 3. The summed E-state index contributed by atoms with van der Waals surface area (Å²) in [4.78, 5) is 20.1. The lowest BCUT2D eigenvalue weighted by atomic mass is 10.2. The number of nitrogens with zero attached hydrogens (tertiary/aromatic N) is 3. The molecule has 3 N–H and O–H groups in total. The zero-order chi connectivity index (χ0) is 21.1. The van der Waals surface area contributed by atoms with Crippen molar-refractivity contribution in [2.45, 2.75) is 24.7 Å². The maximum atomic E-state index is 12.7. The summed E-state index contributed by atoms with van der Waals surface area (Å²) in [6, 6.07) is 8.37. The van der Waals surface area contributed by atoms with E-state index in [0.717, 1.165) is 0 Å². The summed E-state index contributed by atoms with van der Waals surface area (Å²) in [6.07, 6.45) is 0.783. The highest BCUT2D eigenvalue weighted by molar-refractivity contribution is 7.98. The molecule has 7 nitrogen and oxygen atoms in total. The van der Waals surface area contributed by atoms with Crippen molar-refractivity contribution in [3.63, 3.8) is 0 Å². The van der Waals surface area contributed by atoms with Gasteiger partial charge >= 0.3 is 0 Å². The van der Waals surface area contributed by atoms with E-state index in [1.165, 1.54) is 24.8 Å². The molecule has 0 fully saturated rings. The highest BCUT2D eigenvalue weighted by Crippen LogP contribution is 2.26. The SMILES string of the molecule is CSc1nc(N)nc(OC(C)C(=O)Nc2cccc(CF)c2)c1C#N.FCF. The lowest BCUT2D eigenvalue weighted by Crippen LogP contribution is -2.30. The summed E-state index contributed by atoms with van der Waals surface area (Å²) in [5, 5.41) is 12.3. The van der Waals surface area contributed by atoms with Crippen molar-refractivity contribution in [2.24, 2.45) is 0 Å². The van der Waals surface area contributed by atoms with Crippen molar-refractivity contribution < 1.29 is 22.7 Å². The molecule has 2 aromatic rings. The Hall–Kier alpha value is -3.00. The van der Waals surface area contributed by atoms with Crippen LogP contribution in [-0.2, 0) is 11.5 Å². The van der Waals surface area contributed by atoms with Crippen molar-refractivity contribution in [2.75, 3.05) is 24.2 Å². The fourth-order valence-electron chi connectivity index (χ4n) is 1.96. The van der Waals surface area contributed by atoms with Gasteiger partial charge in [0.15, 0.2) is 6.10 Å². The Morgan fingerprint density at radius 3 is 2.64 bits per heavy atom. The second-order valence-electron chi connectivity index (χ2n) is 5.07. The molecule has 2 rings (SSSR count). The molecule has 1 aromatic carbocycles. The monoisotopic (exact) mass is 413 g/mol. The van der Waals surface area contributed by atoms with Crippen LogP contribution in [0.4, 0.5) is 24.8 Å². The van der Waals surface area contributed by atoms with Crippen molar-refractivity contribution in [3.05, 3.63) is 35.4 Å². The summed E-state index contributed by atoms with van der Waals surface area (Å²) >= 11 is 1.22. The number of amides is 1. The van der Waals surface area contributed by atoms with Crippen LogP contribution < -0.4 is 15.8 Å². The molecular weight excluding hydrogens is 395 g/mol. The van der Waals surface area contributed by atoms with Gasteiger partial charge in [-0.05, 0) is 30.9 Å². The number of rotatable bonds is 6. The van der Waals surface area contributed by atoms with Gasteiger partial charge in [0.25, 0.3) is 5.91 Å². The summed E-state index contributed by atoms with van der Waals surface area (Å²) in [7, 11) is 0. The molecule has 1 atom stereocenters. The van der Waals surface area contributed by atoms with Crippen molar-refractivity contribution in [3.8, 4) is 11.9 Å². The van der Waals surface area contributed by atoms with Crippen molar-refractivity contribution in [1.29, 1.82) is 5.26 Å². The van der Waals surface area contributed by atoms with Crippen LogP contribution in [0.15, 0.2) is 29.3 Å². The van der Waals surface area contributed by atoms with Gasteiger partial charge in [-0.1, -0.05) is 12.1 Å². The number of alkyl halides is 3. The van der Waals surface area contributed by atoms with Crippen LogP contribution in [0.1, 0.15) is 18.1 Å². The van der Waals surface area contributed by atoms with Gasteiger partial charge in [0.05, 0.1) is 0 Å². The first-order valence-electron chi connectivity index (χ1n) is 7.76. The number of nitrogens with two attached hydrogens (primary N) is 1. The number of hydrogen-bond donors (Lipinski definition) is 2. The normalized spacial score (nSPS) is 10.9. The van der Waals surface area contributed by atoms with Gasteiger partial charge in [0.1, 0.15) is 23.3 Å². The third-order valence-corrected chi connectivity index (χ3v) is 3.85. The largest absolute Gasteiger partial charge is 0.463 e. The Labute approximate surface area is 164 Å². The van der Waals surface area contributed by atoms with Crippen LogP contribution in [0.25, 0.3) is 0 Å². The summed E-state index contributed by atoms with van der Waals surface area (Å²) in [6.45, 7) is -0.870. The number of carbonyl (C=O) groups is 1. The standard InChI is InChI=1S/C16H16FN5O2S.CH2F2/c1-9(13(23)20-11-5-3-4-10(6-11)7-17)24-14-12(8-18)15(25-2)22-16(19)21-14;2-1-3/h3-6,9H,7H2,1-2H3,(H,20,23)(H2,19,21,22);1H2. The van der Waals surface area contributed by atoms with E-state index in [1.54, 1.807) is 24.5 Å². The Morgan fingerprint density at radius 2 is 2.07 bits per heavy atom. The number of carbonyl (C=O) groups excluding carboxylic acids is 1. The van der Waals surface area contributed by atoms with Crippen molar-refractivity contribution in [1.82, 2.24) is 9.97 Å². The van der Waals surface area contributed by atoms with E-state index >= 15 is 0 Å². The molecule has 11 heteroatoms. The molecule has 0 aliphatic rings. The van der Waals surface area contributed by atoms with Crippen LogP contribution >= 0.6 is 11.8 Å². The van der Waals surface area contributed by atoms with Crippen LogP contribution in [-0.4, -0.2) is 35.2 Å². The highest BCUT2D eigenvalue weighted by Gasteiger charge is 2.21. The quantitative estimate of drug-likeness (QED) is 0.551. The molecule has 0 radical (unpaired) electrons. The minimum atomic E-state index is -1.75. The van der Waals surface area contributed by atoms with Crippen LogP contribution in [0.2, 0.25) is 0 Å². The molecule has 1 heterocycles. The zero-order valence-corrected chi connectivity index (χ0v) is 15.9. The fraction of sp³-hybridized carbons (Fsp3) is 0.294. The zero-order valence-electron chi connectivity index (χ0n) is 15.1.